The highest BCUT2D eigenvalue weighted by molar-refractivity contribution is 5.98. The van der Waals surface area contributed by atoms with Crippen LogP contribution in [0, 0.1) is 5.82 Å². The Hall–Kier alpha value is -3.71. The maximum absolute atomic E-state index is 14.1. The molecule has 0 unspecified atom stereocenters. The third-order valence-corrected chi connectivity index (χ3v) is 7.78. The highest BCUT2D eigenvalue weighted by Crippen LogP contribution is 2.26. The second-order valence-corrected chi connectivity index (χ2v) is 10.2. The van der Waals surface area contributed by atoms with Gasteiger partial charge in [0, 0.05) is 66.5 Å². The van der Waals surface area contributed by atoms with E-state index in [1.54, 1.807) is 12.1 Å². The Morgan fingerprint density at radius 1 is 0.946 bits per heavy atom. The number of H-pyrrole nitrogens is 1. The molecule has 2 aliphatic rings. The van der Waals surface area contributed by atoms with Gasteiger partial charge in [-0.25, -0.2) is 4.39 Å². The molecule has 1 saturated heterocycles. The lowest BCUT2D eigenvalue weighted by Gasteiger charge is -2.32. The van der Waals surface area contributed by atoms with Crippen molar-refractivity contribution >= 4 is 16.8 Å². The number of rotatable bonds is 5. The average molecular weight is 499 g/mol. The van der Waals surface area contributed by atoms with Crippen molar-refractivity contribution in [2.45, 2.75) is 38.8 Å². The molecule has 190 valence electrons. The Morgan fingerprint density at radius 2 is 1.81 bits per heavy atom. The molecule has 2 aromatic heterocycles. The topological polar surface area (TPSA) is 61.3 Å². The van der Waals surface area contributed by atoms with Gasteiger partial charge in [0.15, 0.2) is 0 Å². The monoisotopic (exact) mass is 498 g/mol. The van der Waals surface area contributed by atoms with E-state index in [1.807, 2.05) is 46.0 Å². The quantitative estimate of drug-likeness (QED) is 0.429. The molecular weight excluding hydrogens is 467 g/mol. The summed E-state index contributed by atoms with van der Waals surface area (Å²) in [5, 5.41) is 1.00. The van der Waals surface area contributed by atoms with E-state index in [0.717, 1.165) is 41.8 Å². The van der Waals surface area contributed by atoms with Gasteiger partial charge in [-0.3, -0.25) is 9.59 Å². The summed E-state index contributed by atoms with van der Waals surface area (Å²) in [6, 6.07) is 15.8. The van der Waals surface area contributed by atoms with Gasteiger partial charge < -0.3 is 19.4 Å². The molecule has 6 rings (SSSR count). The fraction of sp³-hybridized carbons (Fsp3) is 0.333. The second kappa shape index (κ2) is 9.98. The number of aromatic nitrogens is 2. The molecule has 0 radical (unpaired) electrons. The maximum Gasteiger partial charge on any atom is 0.258 e. The number of amides is 1. The molecule has 2 aromatic carbocycles. The van der Waals surface area contributed by atoms with Crippen molar-refractivity contribution < 1.29 is 9.18 Å². The lowest BCUT2D eigenvalue weighted by atomic mass is 9.98. The van der Waals surface area contributed by atoms with E-state index in [4.69, 9.17) is 0 Å². The van der Waals surface area contributed by atoms with Gasteiger partial charge in [-0.15, -0.1) is 0 Å². The Kier molecular flexibility index (Phi) is 6.38. The molecule has 4 aromatic rings. The molecule has 0 saturated carbocycles. The van der Waals surface area contributed by atoms with Gasteiger partial charge in [-0.2, -0.15) is 0 Å². The summed E-state index contributed by atoms with van der Waals surface area (Å²) in [6.45, 7) is 4.52. The zero-order chi connectivity index (χ0) is 25.4. The van der Waals surface area contributed by atoms with Gasteiger partial charge in [-0.1, -0.05) is 18.6 Å². The molecule has 4 heterocycles. The van der Waals surface area contributed by atoms with Gasteiger partial charge in [0.2, 0.25) is 0 Å². The van der Waals surface area contributed by atoms with Gasteiger partial charge >= 0.3 is 0 Å². The summed E-state index contributed by atoms with van der Waals surface area (Å²) in [6.07, 6.45) is 6.14. The van der Waals surface area contributed by atoms with Crippen molar-refractivity contribution in [2.75, 3.05) is 26.2 Å². The minimum absolute atomic E-state index is 0.0212. The van der Waals surface area contributed by atoms with E-state index in [9.17, 15) is 14.0 Å². The molecular formula is C30H31FN4O2. The maximum atomic E-state index is 14.1. The van der Waals surface area contributed by atoms with E-state index in [2.05, 4.69) is 9.88 Å². The van der Waals surface area contributed by atoms with Crippen LogP contribution in [0.4, 0.5) is 4.39 Å². The van der Waals surface area contributed by atoms with Crippen molar-refractivity contribution in [2.24, 2.45) is 0 Å². The molecule has 1 N–H and O–H groups in total. The second-order valence-electron chi connectivity index (χ2n) is 10.2. The number of nitrogens with zero attached hydrogens (tertiary/aromatic N) is 3. The van der Waals surface area contributed by atoms with Crippen LogP contribution in [0.1, 0.15) is 40.9 Å². The van der Waals surface area contributed by atoms with Crippen molar-refractivity contribution in [1.29, 1.82) is 0 Å². The number of pyridine rings is 1. The highest BCUT2D eigenvalue weighted by atomic mass is 19.1. The minimum atomic E-state index is -0.369. The summed E-state index contributed by atoms with van der Waals surface area (Å²) in [5.74, 6) is -0.390. The van der Waals surface area contributed by atoms with Crippen LogP contribution in [0.15, 0.2) is 65.6 Å². The van der Waals surface area contributed by atoms with Crippen LogP contribution >= 0.6 is 0 Å². The number of hydrogen-bond donors (Lipinski definition) is 1. The molecule has 7 heteroatoms. The number of hydrogen-bond acceptors (Lipinski definition) is 3. The van der Waals surface area contributed by atoms with Crippen LogP contribution in [0.25, 0.3) is 22.0 Å². The van der Waals surface area contributed by atoms with Crippen LogP contribution in [0.3, 0.4) is 0 Å². The summed E-state index contributed by atoms with van der Waals surface area (Å²) in [4.78, 5) is 34.6. The number of fused-ring (bicyclic) bond motifs is 2. The number of nitrogens with one attached hydrogen (secondary N) is 1. The van der Waals surface area contributed by atoms with E-state index < -0.39 is 0 Å². The molecule has 1 amide bonds. The standard InChI is InChI=1S/C30H31FN4O2/c31-25-6-4-5-21(18-25)26-19-24-20-34(29(36)23-7-8-27-22(17-23)9-11-32-27)14-10-28(24)35(30(26)37)16-15-33-12-2-1-3-13-33/h4-9,11,17-19,32H,1-3,10,12-16,20H2. The largest absolute Gasteiger partial charge is 0.361 e. The van der Waals surface area contributed by atoms with Crippen molar-refractivity contribution in [1.82, 2.24) is 19.4 Å². The van der Waals surface area contributed by atoms with Gasteiger partial charge in [-0.05, 0) is 79.5 Å². The van der Waals surface area contributed by atoms with Crippen molar-refractivity contribution in [3.63, 3.8) is 0 Å². The average Bonchev–Trinajstić information content (AvgIpc) is 3.40. The zero-order valence-corrected chi connectivity index (χ0v) is 20.9. The Balaban J connectivity index is 1.34. The van der Waals surface area contributed by atoms with Gasteiger partial charge in [0.25, 0.3) is 11.5 Å². The summed E-state index contributed by atoms with van der Waals surface area (Å²) in [7, 11) is 0. The number of likely N-dealkylation sites (tertiary alicyclic amines) is 1. The highest BCUT2D eigenvalue weighted by Gasteiger charge is 2.26. The first-order chi connectivity index (χ1) is 18.1. The predicted molar refractivity (Wildman–Crippen MR) is 143 cm³/mol. The number of carbonyl (C=O) groups excluding carboxylic acids is 1. The predicted octanol–water partition coefficient (Wildman–Crippen LogP) is 4.82. The van der Waals surface area contributed by atoms with Crippen LogP contribution < -0.4 is 5.56 Å². The molecule has 2 aliphatic heterocycles. The third-order valence-electron chi connectivity index (χ3n) is 7.78. The SMILES string of the molecule is O=C(c1ccc2[nH]ccc2c1)N1CCc2c(cc(-c3cccc(F)c3)c(=O)n2CCN2CCCCC2)C1. The molecule has 0 bridgehead atoms. The lowest BCUT2D eigenvalue weighted by molar-refractivity contribution is 0.0732. The van der Waals surface area contributed by atoms with Crippen LogP contribution in [-0.4, -0.2) is 51.4 Å². The third kappa shape index (κ3) is 4.71. The Labute approximate surface area is 215 Å². The zero-order valence-electron chi connectivity index (χ0n) is 20.9. The molecule has 0 atom stereocenters. The van der Waals surface area contributed by atoms with E-state index >= 15 is 0 Å². The van der Waals surface area contributed by atoms with Crippen LogP contribution in [0.5, 0.6) is 0 Å². The lowest BCUT2D eigenvalue weighted by Crippen LogP contribution is -2.41. The van der Waals surface area contributed by atoms with Crippen LogP contribution in [-0.2, 0) is 19.5 Å². The first-order valence-electron chi connectivity index (χ1n) is 13.2. The van der Waals surface area contributed by atoms with Gasteiger partial charge in [0.05, 0.1) is 0 Å². The molecule has 6 nitrogen and oxygen atoms in total. The van der Waals surface area contributed by atoms with E-state index in [1.165, 1.54) is 31.4 Å². The van der Waals surface area contributed by atoms with Crippen LogP contribution in [0.2, 0.25) is 0 Å². The normalized spacial score (nSPS) is 16.2. The van der Waals surface area contributed by atoms with Crippen molar-refractivity contribution in [3.05, 3.63) is 93.8 Å². The minimum Gasteiger partial charge on any atom is -0.361 e. The number of benzene rings is 2. The number of carbonyl (C=O) groups is 1. The fourth-order valence-corrected chi connectivity index (χ4v) is 5.78. The van der Waals surface area contributed by atoms with Gasteiger partial charge in [0.1, 0.15) is 5.82 Å². The first-order valence-corrected chi connectivity index (χ1v) is 13.2. The Morgan fingerprint density at radius 3 is 2.65 bits per heavy atom. The summed E-state index contributed by atoms with van der Waals surface area (Å²) < 4.78 is 16.0. The van der Waals surface area contributed by atoms with E-state index in [-0.39, 0.29) is 17.3 Å². The number of aromatic amines is 1. The summed E-state index contributed by atoms with van der Waals surface area (Å²) in [5.41, 5.74) is 4.57. The Bertz CT molecular complexity index is 1520. The molecule has 1 fully saturated rings. The van der Waals surface area contributed by atoms with E-state index in [0.29, 0.717) is 42.7 Å². The number of halogens is 1. The molecule has 0 spiro atoms. The number of piperidine rings is 1. The smallest absolute Gasteiger partial charge is 0.258 e. The fourth-order valence-electron chi connectivity index (χ4n) is 5.78. The first kappa shape index (κ1) is 23.7. The summed E-state index contributed by atoms with van der Waals surface area (Å²) >= 11 is 0. The van der Waals surface area contributed by atoms with Crippen molar-refractivity contribution in [3.8, 4) is 11.1 Å². The molecule has 37 heavy (non-hydrogen) atoms. The molecule has 0 aliphatic carbocycles.